The number of aldehydes is 1. The monoisotopic (exact) mass is 196 g/mol. The van der Waals surface area contributed by atoms with Crippen molar-refractivity contribution in [2.45, 2.75) is 13.3 Å². The van der Waals surface area contributed by atoms with Crippen molar-refractivity contribution < 1.29 is 13.6 Å². The molecule has 0 saturated heterocycles. The number of halogens is 2. The number of carbonyl (C=O) groups is 1. The van der Waals surface area contributed by atoms with Gasteiger partial charge in [0.05, 0.1) is 0 Å². The average molecular weight is 196 g/mol. The number of benzene rings is 1. The van der Waals surface area contributed by atoms with Crippen LogP contribution in [0.3, 0.4) is 0 Å². The fourth-order valence-corrected chi connectivity index (χ4v) is 1.09. The van der Waals surface area contributed by atoms with Crippen LogP contribution in [-0.2, 0) is 4.79 Å². The summed E-state index contributed by atoms with van der Waals surface area (Å²) in [6.45, 7) is 1.80. The Morgan fingerprint density at radius 2 is 1.86 bits per heavy atom. The summed E-state index contributed by atoms with van der Waals surface area (Å²) in [5.41, 5.74) is 0.876. The maximum Gasteiger partial charge on any atom is 0.146 e. The predicted octanol–water partition coefficient (Wildman–Crippen LogP) is 2.96. The van der Waals surface area contributed by atoms with E-state index >= 15 is 0 Å². The Morgan fingerprint density at radius 3 is 2.29 bits per heavy atom. The first kappa shape index (κ1) is 10.6. The van der Waals surface area contributed by atoms with E-state index in [0.29, 0.717) is 23.8 Å². The van der Waals surface area contributed by atoms with Gasteiger partial charge >= 0.3 is 0 Å². The molecule has 0 radical (unpaired) electrons. The van der Waals surface area contributed by atoms with Crippen molar-refractivity contribution in [1.82, 2.24) is 0 Å². The van der Waals surface area contributed by atoms with E-state index in [1.807, 2.05) is 0 Å². The number of allylic oxidation sites excluding steroid dienone is 1. The molecule has 0 atom stereocenters. The van der Waals surface area contributed by atoms with Crippen LogP contribution in [0, 0.1) is 11.6 Å². The van der Waals surface area contributed by atoms with Gasteiger partial charge in [0, 0.05) is 6.07 Å². The van der Waals surface area contributed by atoms with Gasteiger partial charge in [-0.05, 0) is 35.8 Å². The van der Waals surface area contributed by atoms with Gasteiger partial charge in [-0.25, -0.2) is 8.78 Å². The second kappa shape index (κ2) is 4.65. The van der Waals surface area contributed by atoms with Gasteiger partial charge in [0.15, 0.2) is 0 Å². The summed E-state index contributed by atoms with van der Waals surface area (Å²) in [6, 6.07) is 3.16. The van der Waals surface area contributed by atoms with Crippen LogP contribution in [0.1, 0.15) is 18.9 Å². The number of hydrogen-bond acceptors (Lipinski definition) is 1. The maximum absolute atomic E-state index is 12.7. The van der Waals surface area contributed by atoms with Crippen LogP contribution in [0.4, 0.5) is 8.78 Å². The van der Waals surface area contributed by atoms with E-state index in [4.69, 9.17) is 0 Å². The Labute approximate surface area is 81.1 Å². The van der Waals surface area contributed by atoms with Crippen molar-refractivity contribution >= 4 is 12.4 Å². The van der Waals surface area contributed by atoms with Crippen LogP contribution in [-0.4, -0.2) is 6.29 Å². The van der Waals surface area contributed by atoms with Crippen molar-refractivity contribution in [1.29, 1.82) is 0 Å². The van der Waals surface area contributed by atoms with Crippen LogP contribution in [0.15, 0.2) is 23.8 Å². The van der Waals surface area contributed by atoms with E-state index in [0.717, 1.165) is 6.07 Å². The van der Waals surface area contributed by atoms with Crippen molar-refractivity contribution in [3.8, 4) is 0 Å². The lowest BCUT2D eigenvalue weighted by Crippen LogP contribution is -1.85. The van der Waals surface area contributed by atoms with Crippen molar-refractivity contribution in [3.63, 3.8) is 0 Å². The Hall–Kier alpha value is -1.51. The van der Waals surface area contributed by atoms with Crippen molar-refractivity contribution in [2.24, 2.45) is 0 Å². The third-order valence-electron chi connectivity index (χ3n) is 1.80. The zero-order valence-electron chi connectivity index (χ0n) is 7.76. The summed E-state index contributed by atoms with van der Waals surface area (Å²) in [5, 5.41) is 0. The number of hydrogen-bond donors (Lipinski definition) is 0. The normalized spacial score (nSPS) is 11.5. The molecular weight excluding hydrogens is 186 g/mol. The first-order valence-corrected chi connectivity index (χ1v) is 4.27. The van der Waals surface area contributed by atoms with Crippen molar-refractivity contribution in [3.05, 3.63) is 41.0 Å². The topological polar surface area (TPSA) is 17.1 Å². The molecule has 14 heavy (non-hydrogen) atoms. The summed E-state index contributed by atoms with van der Waals surface area (Å²) >= 11 is 0. The fraction of sp³-hybridized carbons (Fsp3) is 0.182. The molecule has 0 aliphatic carbocycles. The molecule has 0 aliphatic rings. The van der Waals surface area contributed by atoms with Gasteiger partial charge in [-0.3, -0.25) is 4.79 Å². The number of rotatable bonds is 3. The summed E-state index contributed by atoms with van der Waals surface area (Å²) in [4.78, 5) is 10.5. The average Bonchev–Trinajstić information content (AvgIpc) is 2.12. The Kier molecular flexibility index (Phi) is 3.51. The van der Waals surface area contributed by atoms with Gasteiger partial charge < -0.3 is 0 Å². The first-order valence-electron chi connectivity index (χ1n) is 4.27. The van der Waals surface area contributed by atoms with E-state index in [2.05, 4.69) is 0 Å². The van der Waals surface area contributed by atoms with Gasteiger partial charge in [-0.2, -0.15) is 0 Å². The maximum atomic E-state index is 12.7. The molecular formula is C11H10F2O. The summed E-state index contributed by atoms with van der Waals surface area (Å²) in [7, 11) is 0. The van der Waals surface area contributed by atoms with Gasteiger partial charge in [0.1, 0.15) is 17.9 Å². The van der Waals surface area contributed by atoms with Crippen LogP contribution in [0.25, 0.3) is 6.08 Å². The standard InChI is InChI=1S/C11H10F2O/c1-2-8(7-14)3-9-4-10(12)6-11(13)5-9/h3-7H,2H2,1H3/b8-3-. The molecule has 3 heteroatoms. The Balaban J connectivity index is 3.07. The highest BCUT2D eigenvalue weighted by atomic mass is 19.1. The fourth-order valence-electron chi connectivity index (χ4n) is 1.09. The molecule has 0 aliphatic heterocycles. The molecule has 0 N–H and O–H groups in total. The summed E-state index contributed by atoms with van der Waals surface area (Å²) < 4.78 is 25.5. The largest absolute Gasteiger partial charge is 0.298 e. The van der Waals surface area contributed by atoms with Gasteiger partial charge in [0.2, 0.25) is 0 Å². The third-order valence-corrected chi connectivity index (χ3v) is 1.80. The lowest BCUT2D eigenvalue weighted by molar-refractivity contribution is -0.104. The van der Waals surface area contributed by atoms with Crippen molar-refractivity contribution in [2.75, 3.05) is 0 Å². The van der Waals surface area contributed by atoms with Gasteiger partial charge in [-0.15, -0.1) is 0 Å². The Morgan fingerprint density at radius 1 is 1.29 bits per heavy atom. The van der Waals surface area contributed by atoms with Crippen LogP contribution < -0.4 is 0 Å². The first-order chi connectivity index (χ1) is 6.65. The molecule has 1 aromatic carbocycles. The van der Waals surface area contributed by atoms with Crippen LogP contribution in [0.5, 0.6) is 0 Å². The molecule has 0 amide bonds. The predicted molar refractivity (Wildman–Crippen MR) is 50.7 cm³/mol. The smallest absolute Gasteiger partial charge is 0.146 e. The highest BCUT2D eigenvalue weighted by molar-refractivity contribution is 5.81. The minimum atomic E-state index is -0.641. The third kappa shape index (κ3) is 2.76. The second-order valence-corrected chi connectivity index (χ2v) is 2.89. The van der Waals surface area contributed by atoms with E-state index in [-0.39, 0.29) is 0 Å². The SMILES string of the molecule is CC/C(C=O)=C/c1cc(F)cc(F)c1. The second-order valence-electron chi connectivity index (χ2n) is 2.89. The lowest BCUT2D eigenvalue weighted by atomic mass is 10.1. The molecule has 1 aromatic rings. The van der Waals surface area contributed by atoms with Crippen LogP contribution >= 0.6 is 0 Å². The van der Waals surface area contributed by atoms with Crippen LogP contribution in [0.2, 0.25) is 0 Å². The molecule has 0 bridgehead atoms. The highest BCUT2D eigenvalue weighted by Gasteiger charge is 1.99. The quantitative estimate of drug-likeness (QED) is 0.536. The molecule has 1 nitrogen and oxygen atoms in total. The molecule has 0 aromatic heterocycles. The van der Waals surface area contributed by atoms with Gasteiger partial charge in [0.25, 0.3) is 0 Å². The molecule has 74 valence electrons. The number of carbonyl (C=O) groups excluding carboxylic acids is 1. The molecule has 1 rings (SSSR count). The zero-order valence-corrected chi connectivity index (χ0v) is 7.76. The van der Waals surface area contributed by atoms with E-state index in [9.17, 15) is 13.6 Å². The van der Waals surface area contributed by atoms with Gasteiger partial charge in [-0.1, -0.05) is 6.92 Å². The zero-order chi connectivity index (χ0) is 10.6. The Bertz CT molecular complexity index is 349. The van der Waals surface area contributed by atoms with E-state index in [1.54, 1.807) is 6.92 Å². The molecule has 0 saturated carbocycles. The highest BCUT2D eigenvalue weighted by Crippen LogP contribution is 2.12. The molecule has 0 unspecified atom stereocenters. The molecule has 0 heterocycles. The lowest BCUT2D eigenvalue weighted by Gasteiger charge is -1.97. The molecule has 0 spiro atoms. The van der Waals surface area contributed by atoms with E-state index < -0.39 is 11.6 Å². The minimum Gasteiger partial charge on any atom is -0.298 e. The minimum absolute atomic E-state index is 0.367. The van der Waals surface area contributed by atoms with E-state index in [1.165, 1.54) is 18.2 Å². The summed E-state index contributed by atoms with van der Waals surface area (Å²) in [6.07, 6.45) is 2.70. The molecule has 0 fully saturated rings. The summed E-state index contributed by atoms with van der Waals surface area (Å²) in [5.74, 6) is -1.28.